The molecule has 2 N–H and O–H groups in total. The molecule has 0 radical (unpaired) electrons. The van der Waals surface area contributed by atoms with Crippen molar-refractivity contribution < 1.29 is 9.84 Å². The zero-order valence-electron chi connectivity index (χ0n) is 11.6. The Morgan fingerprint density at radius 3 is 2.82 bits per heavy atom. The van der Waals surface area contributed by atoms with E-state index < -0.39 is 6.10 Å². The molecule has 22 heavy (non-hydrogen) atoms. The van der Waals surface area contributed by atoms with Crippen molar-refractivity contribution >= 4 is 45.1 Å². The van der Waals surface area contributed by atoms with Crippen molar-refractivity contribution in [2.75, 3.05) is 18.5 Å². The summed E-state index contributed by atoms with van der Waals surface area (Å²) in [6.45, 7) is 0.963. The van der Waals surface area contributed by atoms with Crippen molar-refractivity contribution in [3.8, 4) is 0 Å². The summed E-state index contributed by atoms with van der Waals surface area (Å²) in [6, 6.07) is 12.6. The maximum atomic E-state index is 9.85. The molecule has 6 heteroatoms. The summed E-state index contributed by atoms with van der Waals surface area (Å²) in [5.41, 5.74) is 1.03. The van der Waals surface area contributed by atoms with E-state index in [1.165, 1.54) is 19.6 Å². The van der Waals surface area contributed by atoms with Crippen LogP contribution in [0.15, 0.2) is 60.5 Å². The van der Waals surface area contributed by atoms with Crippen LogP contribution < -0.4 is 5.32 Å². The Morgan fingerprint density at radius 1 is 1.09 bits per heavy atom. The molecule has 1 saturated heterocycles. The largest absolute Gasteiger partial charge is 0.388 e. The lowest BCUT2D eigenvalue weighted by atomic mass is 10.2. The molecule has 1 unspecified atom stereocenters. The van der Waals surface area contributed by atoms with Gasteiger partial charge in [0.2, 0.25) is 0 Å². The van der Waals surface area contributed by atoms with Crippen molar-refractivity contribution in [3.63, 3.8) is 0 Å². The molecule has 0 aliphatic carbocycles. The number of ether oxygens (including phenoxy) is 1. The Bertz CT molecular complexity index is 725. The molecule has 2 aliphatic heterocycles. The van der Waals surface area contributed by atoms with Crippen molar-refractivity contribution in [2.45, 2.75) is 31.7 Å². The van der Waals surface area contributed by atoms with Crippen LogP contribution in [0.1, 0.15) is 0 Å². The maximum Gasteiger partial charge on any atom is 0.0996 e. The van der Waals surface area contributed by atoms with Gasteiger partial charge in [-0.25, -0.2) is 0 Å². The van der Waals surface area contributed by atoms with Gasteiger partial charge in [-0.1, -0.05) is 29.6 Å². The maximum absolute atomic E-state index is 9.85. The third-order valence-electron chi connectivity index (χ3n) is 3.71. The van der Waals surface area contributed by atoms with E-state index in [9.17, 15) is 5.11 Å². The highest BCUT2D eigenvalue weighted by Crippen LogP contribution is 2.51. The third-order valence-corrected chi connectivity index (χ3v) is 7.23. The number of aliphatic hydroxyl groups excluding tert-OH is 1. The Balaban J connectivity index is 1.60. The van der Waals surface area contributed by atoms with E-state index in [1.807, 2.05) is 0 Å². The Labute approximate surface area is 146 Å². The number of hydrogen-bond acceptors (Lipinski definition) is 5. The van der Waals surface area contributed by atoms with Crippen LogP contribution in [0.5, 0.6) is 0 Å². The molecule has 0 aromatic heterocycles. The van der Waals surface area contributed by atoms with Gasteiger partial charge < -0.3 is 15.2 Å². The first-order chi connectivity index (χ1) is 10.7. The molecule has 4 rings (SSSR count). The van der Waals surface area contributed by atoms with E-state index >= 15 is 0 Å². The van der Waals surface area contributed by atoms with Gasteiger partial charge >= 0.3 is 0 Å². The van der Waals surface area contributed by atoms with Gasteiger partial charge in [-0.05, 0) is 46.3 Å². The van der Waals surface area contributed by atoms with Gasteiger partial charge in [-0.15, -0.1) is 0 Å². The molecule has 114 valence electrons. The van der Waals surface area contributed by atoms with Crippen LogP contribution in [0.25, 0.3) is 0 Å². The Hall–Kier alpha value is -0.660. The number of halogens is 1. The fourth-order valence-electron chi connectivity index (χ4n) is 2.55. The molecule has 2 aliphatic rings. The predicted molar refractivity (Wildman–Crippen MR) is 93.1 cm³/mol. The quantitative estimate of drug-likeness (QED) is 0.679. The number of aliphatic hydroxyl groups is 1. The number of rotatable bonds is 2. The average Bonchev–Trinajstić information content (AvgIpc) is 2.91. The first-order valence-electron chi connectivity index (χ1n) is 7.01. The number of fused-ring (bicyclic) bond motifs is 2. The van der Waals surface area contributed by atoms with Crippen molar-refractivity contribution in [2.24, 2.45) is 0 Å². The monoisotopic (exact) mass is 395 g/mol. The molecule has 2 aromatic rings. The molecule has 0 amide bonds. The van der Waals surface area contributed by atoms with Crippen LogP contribution in [0.4, 0.5) is 5.69 Å². The fraction of sp³-hybridized carbons (Fsp3) is 0.250. The van der Waals surface area contributed by atoms with Gasteiger partial charge in [0.1, 0.15) is 0 Å². The average molecular weight is 396 g/mol. The van der Waals surface area contributed by atoms with Crippen molar-refractivity contribution in [3.05, 3.63) is 40.9 Å². The van der Waals surface area contributed by atoms with E-state index in [1.54, 1.807) is 23.5 Å². The van der Waals surface area contributed by atoms with Crippen LogP contribution in [0, 0.1) is 0 Å². The highest BCUT2D eigenvalue weighted by molar-refractivity contribution is 9.10. The molecule has 0 bridgehead atoms. The number of benzene rings is 2. The van der Waals surface area contributed by atoms with E-state index in [2.05, 4.69) is 57.6 Å². The minimum atomic E-state index is -0.435. The minimum Gasteiger partial charge on any atom is -0.388 e. The summed E-state index contributed by atoms with van der Waals surface area (Å²) in [4.78, 5) is 5.06. The Morgan fingerprint density at radius 2 is 2.00 bits per heavy atom. The molecule has 2 heterocycles. The molecular weight excluding hydrogens is 382 g/mol. The Kier molecular flexibility index (Phi) is 4.13. The summed E-state index contributed by atoms with van der Waals surface area (Å²) < 4.78 is 6.43. The zero-order valence-corrected chi connectivity index (χ0v) is 14.8. The second kappa shape index (κ2) is 6.09. The van der Waals surface area contributed by atoms with Crippen molar-refractivity contribution in [1.82, 2.24) is 0 Å². The molecule has 0 saturated carbocycles. The van der Waals surface area contributed by atoms with Gasteiger partial charge in [0.15, 0.2) is 0 Å². The molecule has 1 fully saturated rings. The van der Waals surface area contributed by atoms with Crippen LogP contribution in [-0.4, -0.2) is 30.5 Å². The molecule has 2 atom stereocenters. The summed E-state index contributed by atoms with van der Waals surface area (Å²) in [5.74, 6) is 0. The van der Waals surface area contributed by atoms with E-state index in [4.69, 9.17) is 4.74 Å². The fourth-order valence-corrected chi connectivity index (χ4v) is 5.58. The third kappa shape index (κ3) is 2.78. The van der Waals surface area contributed by atoms with Gasteiger partial charge in [0.05, 0.1) is 25.4 Å². The first kappa shape index (κ1) is 14.9. The second-order valence-corrected chi connectivity index (χ2v) is 8.28. The lowest BCUT2D eigenvalue weighted by Crippen LogP contribution is -2.31. The molecule has 0 spiro atoms. The van der Waals surface area contributed by atoms with Gasteiger partial charge in [-0.3, -0.25) is 0 Å². The van der Waals surface area contributed by atoms with E-state index in [0.717, 1.165) is 10.2 Å². The molecule has 2 aromatic carbocycles. The molecule has 3 nitrogen and oxygen atoms in total. The highest BCUT2D eigenvalue weighted by atomic mass is 79.9. The number of anilines is 1. The zero-order chi connectivity index (χ0) is 15.1. The van der Waals surface area contributed by atoms with Gasteiger partial charge in [0.25, 0.3) is 0 Å². The normalized spacial score (nSPS) is 23.0. The predicted octanol–water partition coefficient (Wildman–Crippen LogP) is 4.24. The summed E-state index contributed by atoms with van der Waals surface area (Å²) >= 11 is 7.20. The topological polar surface area (TPSA) is 41.5 Å². The smallest absolute Gasteiger partial charge is 0.0996 e. The van der Waals surface area contributed by atoms with E-state index in [0.29, 0.717) is 13.2 Å². The minimum absolute atomic E-state index is 0.0271. The van der Waals surface area contributed by atoms with Gasteiger partial charge in [-0.2, -0.15) is 0 Å². The summed E-state index contributed by atoms with van der Waals surface area (Å²) in [5, 5.41) is 13.2. The van der Waals surface area contributed by atoms with Gasteiger partial charge in [0, 0.05) is 29.7 Å². The number of nitrogens with one attached hydrogen (secondary N) is 1. The van der Waals surface area contributed by atoms with Crippen molar-refractivity contribution in [1.29, 1.82) is 0 Å². The standard InChI is InChI=1S/C16H14BrNO2S2/c17-10-2-1-3-14-16(10)22-13-5-4-9(6-15(13)21-14)18-11-7-20-8-12(11)19/h1-6,11-12,18-19H,7-8H2/t11?,12-/m1/s1. The number of hydrogen-bond donors (Lipinski definition) is 2. The SMILES string of the molecule is O[C@@H]1COCC1Nc1ccc2c(c1)Sc1cccc(Br)c1S2. The molecular formula is C16H14BrNO2S2. The summed E-state index contributed by atoms with van der Waals surface area (Å²) in [7, 11) is 0. The summed E-state index contributed by atoms with van der Waals surface area (Å²) in [6.07, 6.45) is -0.435. The van der Waals surface area contributed by atoms with Crippen LogP contribution in [0.3, 0.4) is 0 Å². The van der Waals surface area contributed by atoms with Crippen LogP contribution in [-0.2, 0) is 4.74 Å². The van der Waals surface area contributed by atoms with E-state index in [-0.39, 0.29) is 6.04 Å². The van der Waals surface area contributed by atoms with Crippen LogP contribution in [0.2, 0.25) is 0 Å². The lowest BCUT2D eigenvalue weighted by molar-refractivity contribution is 0.125. The lowest BCUT2D eigenvalue weighted by Gasteiger charge is -2.21. The highest BCUT2D eigenvalue weighted by Gasteiger charge is 2.26. The second-order valence-electron chi connectivity index (χ2n) is 5.29. The first-order valence-corrected chi connectivity index (χ1v) is 9.44. The van der Waals surface area contributed by atoms with Crippen LogP contribution >= 0.6 is 39.5 Å².